The van der Waals surface area contributed by atoms with Crippen LogP contribution in [0.25, 0.3) is 0 Å². The van der Waals surface area contributed by atoms with Crippen LogP contribution < -0.4 is 10.6 Å². The van der Waals surface area contributed by atoms with Gasteiger partial charge in [0, 0.05) is 33.0 Å². The molecule has 0 unspecified atom stereocenters. The fraction of sp³-hybridized carbons (Fsp3) is 0.929. The molecule has 1 heterocycles. The third kappa shape index (κ3) is 9.25. The van der Waals surface area contributed by atoms with Crippen LogP contribution in [0.15, 0.2) is 0 Å². The van der Waals surface area contributed by atoms with Crippen molar-refractivity contribution in [3.63, 3.8) is 0 Å². The van der Waals surface area contributed by atoms with Crippen LogP contribution in [0.2, 0.25) is 0 Å². The number of hydrogen-bond donors (Lipinski definition) is 2. The molecule has 0 spiro atoms. The highest BCUT2D eigenvalue weighted by molar-refractivity contribution is 5.78. The fourth-order valence-corrected chi connectivity index (χ4v) is 2.02. The van der Waals surface area contributed by atoms with Crippen LogP contribution >= 0.6 is 0 Å². The minimum Gasteiger partial charge on any atom is -0.382 e. The Balaban J connectivity index is 1.84. The van der Waals surface area contributed by atoms with Gasteiger partial charge in [-0.1, -0.05) is 0 Å². The molecule has 0 radical (unpaired) electrons. The van der Waals surface area contributed by atoms with Gasteiger partial charge >= 0.3 is 0 Å². The van der Waals surface area contributed by atoms with Crippen molar-refractivity contribution in [2.45, 2.75) is 31.7 Å². The molecule has 0 saturated carbocycles. The highest BCUT2D eigenvalue weighted by Gasteiger charge is 2.15. The average molecular weight is 288 g/mol. The van der Waals surface area contributed by atoms with Gasteiger partial charge in [-0.05, 0) is 32.2 Å². The first-order valence-electron chi connectivity index (χ1n) is 7.47. The molecule has 0 aromatic heterocycles. The molecule has 0 aromatic carbocycles. The molecular weight excluding hydrogens is 260 g/mol. The van der Waals surface area contributed by atoms with Crippen LogP contribution in [0, 0.1) is 0 Å². The van der Waals surface area contributed by atoms with E-state index >= 15 is 0 Å². The third-order valence-electron chi connectivity index (χ3n) is 3.20. The lowest BCUT2D eigenvalue weighted by Gasteiger charge is -2.23. The summed E-state index contributed by atoms with van der Waals surface area (Å²) in [5.74, 6) is 0.0771. The molecule has 118 valence electrons. The Morgan fingerprint density at radius 2 is 2.00 bits per heavy atom. The highest BCUT2D eigenvalue weighted by Crippen LogP contribution is 2.05. The van der Waals surface area contributed by atoms with E-state index in [9.17, 15) is 4.79 Å². The molecule has 1 fully saturated rings. The highest BCUT2D eigenvalue weighted by atomic mass is 16.5. The average Bonchev–Trinajstić information content (AvgIpc) is 2.46. The molecule has 1 amide bonds. The third-order valence-corrected chi connectivity index (χ3v) is 3.20. The van der Waals surface area contributed by atoms with Gasteiger partial charge in [0.1, 0.15) is 0 Å². The molecule has 0 aromatic rings. The second-order valence-electron chi connectivity index (χ2n) is 4.94. The quantitative estimate of drug-likeness (QED) is 0.536. The number of ether oxygens (including phenoxy) is 3. The first-order chi connectivity index (χ1) is 9.83. The number of methoxy groups -OCH3 is 1. The van der Waals surface area contributed by atoms with Crippen LogP contribution in [0.1, 0.15) is 25.7 Å². The van der Waals surface area contributed by atoms with E-state index in [1.54, 1.807) is 7.11 Å². The Labute approximate surface area is 121 Å². The van der Waals surface area contributed by atoms with Gasteiger partial charge < -0.3 is 24.8 Å². The molecule has 1 rings (SSSR count). The van der Waals surface area contributed by atoms with Crippen molar-refractivity contribution in [3.05, 3.63) is 0 Å². The van der Waals surface area contributed by atoms with Crippen molar-refractivity contribution in [2.24, 2.45) is 0 Å². The van der Waals surface area contributed by atoms with Crippen LogP contribution in [0.5, 0.6) is 0 Å². The van der Waals surface area contributed by atoms with Gasteiger partial charge in [0.25, 0.3) is 0 Å². The molecule has 1 saturated heterocycles. The zero-order chi connectivity index (χ0) is 14.5. The number of hydrogen-bond acceptors (Lipinski definition) is 5. The summed E-state index contributed by atoms with van der Waals surface area (Å²) >= 11 is 0. The minimum atomic E-state index is 0.0771. The van der Waals surface area contributed by atoms with Gasteiger partial charge in [0.2, 0.25) is 5.91 Å². The molecule has 0 bridgehead atoms. The predicted molar refractivity (Wildman–Crippen MR) is 76.8 cm³/mol. The summed E-state index contributed by atoms with van der Waals surface area (Å²) in [6.07, 6.45) is 3.85. The fourth-order valence-electron chi connectivity index (χ4n) is 2.02. The summed E-state index contributed by atoms with van der Waals surface area (Å²) in [5, 5.41) is 6.18. The smallest absolute Gasteiger partial charge is 0.234 e. The SMILES string of the molecule is COCCOCCCCNCC(=O)NC1CCOCC1. The van der Waals surface area contributed by atoms with Crippen molar-refractivity contribution >= 4 is 5.91 Å². The van der Waals surface area contributed by atoms with Gasteiger partial charge in [-0.25, -0.2) is 0 Å². The summed E-state index contributed by atoms with van der Waals surface area (Å²) in [7, 11) is 1.67. The first kappa shape index (κ1) is 17.4. The van der Waals surface area contributed by atoms with Crippen LogP contribution in [0.3, 0.4) is 0 Å². The Morgan fingerprint density at radius 1 is 1.20 bits per heavy atom. The molecule has 2 N–H and O–H groups in total. The molecule has 0 atom stereocenters. The number of amides is 1. The van der Waals surface area contributed by atoms with Crippen molar-refractivity contribution in [3.8, 4) is 0 Å². The van der Waals surface area contributed by atoms with E-state index in [4.69, 9.17) is 14.2 Å². The standard InChI is InChI=1S/C14H28N2O4/c1-18-10-11-19-7-3-2-6-15-12-14(17)16-13-4-8-20-9-5-13/h13,15H,2-12H2,1H3,(H,16,17). The Hall–Kier alpha value is -0.690. The Bertz CT molecular complexity index is 245. The lowest BCUT2D eigenvalue weighted by atomic mass is 10.1. The maximum atomic E-state index is 11.7. The largest absolute Gasteiger partial charge is 0.382 e. The predicted octanol–water partition coefficient (Wildman–Crippen LogP) is 0.314. The topological polar surface area (TPSA) is 68.8 Å². The van der Waals surface area contributed by atoms with Gasteiger partial charge in [-0.3, -0.25) is 4.79 Å². The summed E-state index contributed by atoms with van der Waals surface area (Å²) in [6, 6.07) is 0.284. The summed E-state index contributed by atoms with van der Waals surface area (Å²) in [4.78, 5) is 11.7. The maximum absolute atomic E-state index is 11.7. The van der Waals surface area contributed by atoms with E-state index in [1.807, 2.05) is 0 Å². The van der Waals surface area contributed by atoms with Crippen molar-refractivity contribution in [1.29, 1.82) is 0 Å². The summed E-state index contributed by atoms with van der Waals surface area (Å²) in [5.41, 5.74) is 0. The van der Waals surface area contributed by atoms with Crippen LogP contribution in [-0.4, -0.2) is 65.2 Å². The zero-order valence-electron chi connectivity index (χ0n) is 12.5. The van der Waals surface area contributed by atoms with Gasteiger partial charge in [-0.2, -0.15) is 0 Å². The van der Waals surface area contributed by atoms with Crippen LogP contribution in [0.4, 0.5) is 0 Å². The van der Waals surface area contributed by atoms with Gasteiger partial charge in [0.05, 0.1) is 19.8 Å². The molecule has 1 aliphatic heterocycles. The minimum absolute atomic E-state index is 0.0771. The monoisotopic (exact) mass is 288 g/mol. The Kier molecular flexibility index (Phi) is 10.5. The van der Waals surface area contributed by atoms with Crippen molar-refractivity contribution in [1.82, 2.24) is 10.6 Å². The normalized spacial score (nSPS) is 16.2. The maximum Gasteiger partial charge on any atom is 0.234 e. The lowest BCUT2D eigenvalue weighted by Crippen LogP contribution is -2.43. The molecule has 6 heteroatoms. The van der Waals surface area contributed by atoms with E-state index < -0.39 is 0 Å². The lowest BCUT2D eigenvalue weighted by molar-refractivity contribution is -0.121. The molecular formula is C14H28N2O4. The van der Waals surface area contributed by atoms with E-state index in [0.717, 1.165) is 52.0 Å². The molecule has 0 aliphatic carbocycles. The van der Waals surface area contributed by atoms with E-state index in [0.29, 0.717) is 19.8 Å². The number of unbranched alkanes of at least 4 members (excludes halogenated alkanes) is 1. The summed E-state index contributed by atoms with van der Waals surface area (Å²) in [6.45, 7) is 4.78. The number of nitrogens with one attached hydrogen (secondary N) is 2. The summed E-state index contributed by atoms with van der Waals surface area (Å²) < 4.78 is 15.5. The van der Waals surface area contributed by atoms with Gasteiger partial charge in [-0.15, -0.1) is 0 Å². The van der Waals surface area contributed by atoms with Gasteiger partial charge in [0.15, 0.2) is 0 Å². The Morgan fingerprint density at radius 3 is 2.75 bits per heavy atom. The number of rotatable bonds is 11. The van der Waals surface area contributed by atoms with E-state index in [2.05, 4.69) is 10.6 Å². The number of carbonyl (C=O) groups is 1. The van der Waals surface area contributed by atoms with Crippen molar-refractivity contribution in [2.75, 3.05) is 53.2 Å². The van der Waals surface area contributed by atoms with E-state index in [1.165, 1.54) is 0 Å². The zero-order valence-corrected chi connectivity index (χ0v) is 12.5. The molecule has 6 nitrogen and oxygen atoms in total. The van der Waals surface area contributed by atoms with E-state index in [-0.39, 0.29) is 11.9 Å². The second-order valence-corrected chi connectivity index (χ2v) is 4.94. The first-order valence-corrected chi connectivity index (χ1v) is 7.47. The second kappa shape index (κ2) is 12.1. The molecule has 20 heavy (non-hydrogen) atoms. The number of carbonyl (C=O) groups excluding carboxylic acids is 1. The van der Waals surface area contributed by atoms with Crippen molar-refractivity contribution < 1.29 is 19.0 Å². The van der Waals surface area contributed by atoms with Crippen LogP contribution in [-0.2, 0) is 19.0 Å². The molecule has 1 aliphatic rings.